The zero-order valence-electron chi connectivity index (χ0n) is 15.5. The monoisotopic (exact) mass is 352 g/mol. The molecule has 2 heterocycles. The van der Waals surface area contributed by atoms with E-state index in [-0.39, 0.29) is 5.91 Å². The zero-order chi connectivity index (χ0) is 18.4. The number of hydrogen-bond donors (Lipinski definition) is 1. The van der Waals surface area contributed by atoms with E-state index in [1.807, 2.05) is 12.1 Å². The number of benzene rings is 1. The Hall–Kier alpha value is -2.24. The van der Waals surface area contributed by atoms with Gasteiger partial charge in [-0.25, -0.2) is 0 Å². The van der Waals surface area contributed by atoms with Crippen LogP contribution in [0.1, 0.15) is 29.5 Å². The number of nitrogens with two attached hydrogens (primary N) is 1. The van der Waals surface area contributed by atoms with Gasteiger partial charge in [0.15, 0.2) is 0 Å². The van der Waals surface area contributed by atoms with Crippen LogP contribution in [0.3, 0.4) is 0 Å². The number of aromatic nitrogens is 1. The van der Waals surface area contributed by atoms with E-state index in [0.717, 1.165) is 42.6 Å². The predicted molar refractivity (Wildman–Crippen MR) is 103 cm³/mol. The molecule has 1 aromatic carbocycles. The van der Waals surface area contributed by atoms with Gasteiger partial charge in [-0.2, -0.15) is 0 Å². The Bertz CT molecular complexity index is 694. The van der Waals surface area contributed by atoms with Gasteiger partial charge in [0.05, 0.1) is 6.42 Å². The van der Waals surface area contributed by atoms with Crippen LogP contribution in [0.2, 0.25) is 0 Å². The van der Waals surface area contributed by atoms with Gasteiger partial charge in [-0.1, -0.05) is 24.3 Å². The molecule has 1 aliphatic heterocycles. The number of hydrogen-bond acceptors (Lipinski definition) is 4. The molecule has 3 rings (SSSR count). The summed E-state index contributed by atoms with van der Waals surface area (Å²) < 4.78 is 0. The van der Waals surface area contributed by atoms with Gasteiger partial charge in [0.25, 0.3) is 0 Å². The van der Waals surface area contributed by atoms with Crippen LogP contribution < -0.4 is 5.73 Å². The Morgan fingerprint density at radius 3 is 2.31 bits per heavy atom. The fourth-order valence-electron chi connectivity index (χ4n) is 3.48. The minimum Gasteiger partial charge on any atom is -0.335 e. The second-order valence-electron chi connectivity index (χ2n) is 7.11. The Kier molecular flexibility index (Phi) is 6.36. The summed E-state index contributed by atoms with van der Waals surface area (Å²) in [5.74, 6) is 0.189. The zero-order valence-corrected chi connectivity index (χ0v) is 15.5. The number of carbonyl (C=O) groups excluding carboxylic acids is 1. The number of carbonyl (C=O) groups is 1. The lowest BCUT2D eigenvalue weighted by molar-refractivity contribution is -0.134. The van der Waals surface area contributed by atoms with Gasteiger partial charge in [0.2, 0.25) is 5.91 Å². The molecule has 0 spiro atoms. The van der Waals surface area contributed by atoms with Crippen molar-refractivity contribution in [2.75, 3.05) is 20.1 Å². The first-order chi connectivity index (χ1) is 12.7. The summed E-state index contributed by atoms with van der Waals surface area (Å²) in [5.41, 5.74) is 8.98. The van der Waals surface area contributed by atoms with Crippen LogP contribution in [0.25, 0.3) is 0 Å². The molecule has 1 amide bonds. The molecule has 1 saturated heterocycles. The number of amides is 1. The number of nitrogens with zero attached hydrogens (tertiary/aromatic N) is 3. The summed E-state index contributed by atoms with van der Waals surface area (Å²) >= 11 is 0. The van der Waals surface area contributed by atoms with E-state index in [1.165, 1.54) is 0 Å². The maximum atomic E-state index is 13.1. The van der Waals surface area contributed by atoms with E-state index in [0.29, 0.717) is 25.6 Å². The molecule has 1 fully saturated rings. The molecule has 26 heavy (non-hydrogen) atoms. The third kappa shape index (κ3) is 4.90. The predicted octanol–water partition coefficient (Wildman–Crippen LogP) is 2.21. The molecule has 0 radical (unpaired) electrons. The van der Waals surface area contributed by atoms with Gasteiger partial charge in [-0.15, -0.1) is 0 Å². The molecule has 2 aromatic rings. The van der Waals surface area contributed by atoms with Gasteiger partial charge in [0.1, 0.15) is 0 Å². The van der Waals surface area contributed by atoms with Crippen LogP contribution in [-0.4, -0.2) is 46.9 Å². The molecule has 0 aliphatic carbocycles. The van der Waals surface area contributed by atoms with Crippen molar-refractivity contribution >= 4 is 5.91 Å². The van der Waals surface area contributed by atoms with E-state index >= 15 is 0 Å². The molecule has 0 bridgehead atoms. The van der Waals surface area contributed by atoms with Crippen molar-refractivity contribution < 1.29 is 4.79 Å². The first kappa shape index (κ1) is 18.5. The molecule has 0 unspecified atom stereocenters. The largest absolute Gasteiger partial charge is 0.335 e. The number of pyridine rings is 1. The highest BCUT2D eigenvalue weighted by molar-refractivity contribution is 5.79. The van der Waals surface area contributed by atoms with Crippen molar-refractivity contribution in [1.29, 1.82) is 0 Å². The third-order valence-corrected chi connectivity index (χ3v) is 5.17. The summed E-state index contributed by atoms with van der Waals surface area (Å²) in [6.07, 6.45) is 5.97. The molecule has 1 aliphatic rings. The third-order valence-electron chi connectivity index (χ3n) is 5.17. The molecule has 138 valence electrons. The maximum absolute atomic E-state index is 13.1. The highest BCUT2D eigenvalue weighted by Gasteiger charge is 2.27. The Morgan fingerprint density at radius 1 is 1.08 bits per heavy atom. The van der Waals surface area contributed by atoms with Crippen molar-refractivity contribution in [2.45, 2.75) is 38.4 Å². The van der Waals surface area contributed by atoms with E-state index in [2.05, 4.69) is 46.1 Å². The van der Waals surface area contributed by atoms with Crippen LogP contribution in [0.15, 0.2) is 48.8 Å². The molecule has 5 nitrogen and oxygen atoms in total. The summed E-state index contributed by atoms with van der Waals surface area (Å²) in [7, 11) is 2.14. The lowest BCUT2D eigenvalue weighted by Gasteiger charge is -2.37. The Labute approximate surface area is 155 Å². The minimum absolute atomic E-state index is 0.189. The standard InChI is InChI=1S/C21H28N4O/c1-24-12-8-20(9-13-24)25(16-19-4-2-18(15-22)3-5-19)21(26)14-17-6-10-23-11-7-17/h2-7,10-11,20H,8-9,12-16,22H2,1H3. The van der Waals surface area contributed by atoms with E-state index in [4.69, 9.17) is 5.73 Å². The van der Waals surface area contributed by atoms with Crippen LogP contribution >= 0.6 is 0 Å². The molecular formula is C21H28N4O. The van der Waals surface area contributed by atoms with Crippen LogP contribution in [-0.2, 0) is 24.3 Å². The van der Waals surface area contributed by atoms with Gasteiger partial charge < -0.3 is 15.5 Å². The minimum atomic E-state index is 0.189. The van der Waals surface area contributed by atoms with E-state index < -0.39 is 0 Å². The van der Waals surface area contributed by atoms with Crippen molar-refractivity contribution in [3.63, 3.8) is 0 Å². The topological polar surface area (TPSA) is 62.5 Å². The molecule has 1 aromatic heterocycles. The summed E-state index contributed by atoms with van der Waals surface area (Å²) in [4.78, 5) is 21.5. The molecular weight excluding hydrogens is 324 g/mol. The number of rotatable bonds is 6. The average molecular weight is 352 g/mol. The summed E-state index contributed by atoms with van der Waals surface area (Å²) in [5, 5.41) is 0. The first-order valence-corrected chi connectivity index (χ1v) is 9.30. The summed E-state index contributed by atoms with van der Waals surface area (Å²) in [6.45, 7) is 3.27. The quantitative estimate of drug-likeness (QED) is 0.866. The van der Waals surface area contributed by atoms with Gasteiger partial charge in [-0.05, 0) is 61.8 Å². The molecule has 5 heteroatoms. The molecule has 0 atom stereocenters. The Morgan fingerprint density at radius 2 is 1.69 bits per heavy atom. The van der Waals surface area contributed by atoms with Crippen LogP contribution in [0.5, 0.6) is 0 Å². The maximum Gasteiger partial charge on any atom is 0.227 e. The highest BCUT2D eigenvalue weighted by atomic mass is 16.2. The number of piperidine rings is 1. The van der Waals surface area contributed by atoms with Crippen LogP contribution in [0.4, 0.5) is 0 Å². The van der Waals surface area contributed by atoms with Crippen LogP contribution in [0, 0.1) is 0 Å². The van der Waals surface area contributed by atoms with Gasteiger partial charge in [0, 0.05) is 31.5 Å². The van der Waals surface area contributed by atoms with Crippen molar-refractivity contribution in [1.82, 2.24) is 14.8 Å². The normalized spacial score (nSPS) is 15.8. The van der Waals surface area contributed by atoms with Crippen molar-refractivity contribution in [3.8, 4) is 0 Å². The fraction of sp³-hybridized carbons (Fsp3) is 0.429. The lowest BCUT2D eigenvalue weighted by atomic mass is 10.0. The SMILES string of the molecule is CN1CCC(N(Cc2ccc(CN)cc2)C(=O)Cc2ccncc2)CC1. The van der Waals surface area contributed by atoms with Crippen molar-refractivity contribution in [3.05, 3.63) is 65.5 Å². The highest BCUT2D eigenvalue weighted by Crippen LogP contribution is 2.20. The number of likely N-dealkylation sites (tertiary alicyclic amines) is 1. The van der Waals surface area contributed by atoms with Gasteiger partial charge >= 0.3 is 0 Å². The van der Waals surface area contributed by atoms with Crippen molar-refractivity contribution in [2.24, 2.45) is 5.73 Å². The lowest BCUT2D eigenvalue weighted by Crippen LogP contribution is -2.46. The Balaban J connectivity index is 1.75. The van der Waals surface area contributed by atoms with E-state index in [1.54, 1.807) is 12.4 Å². The molecule has 2 N–H and O–H groups in total. The average Bonchev–Trinajstić information content (AvgIpc) is 2.68. The van der Waals surface area contributed by atoms with Gasteiger partial charge in [-0.3, -0.25) is 9.78 Å². The van der Waals surface area contributed by atoms with E-state index in [9.17, 15) is 4.79 Å². The fourth-order valence-corrected chi connectivity index (χ4v) is 3.48. The molecule has 0 saturated carbocycles. The first-order valence-electron chi connectivity index (χ1n) is 9.30. The second-order valence-corrected chi connectivity index (χ2v) is 7.11. The summed E-state index contributed by atoms with van der Waals surface area (Å²) in [6, 6.07) is 12.4. The second kappa shape index (κ2) is 8.92. The smallest absolute Gasteiger partial charge is 0.227 e.